The fourth-order valence-corrected chi connectivity index (χ4v) is 3.32. The maximum Gasteiger partial charge on any atom is 0.184 e. The number of benzene rings is 1. The number of hydrogen-bond acceptors (Lipinski definition) is 5. The van der Waals surface area contributed by atoms with E-state index in [0.717, 1.165) is 5.56 Å². The van der Waals surface area contributed by atoms with Crippen LogP contribution in [0, 0.1) is 11.8 Å². The lowest BCUT2D eigenvalue weighted by atomic mass is 9.84. The van der Waals surface area contributed by atoms with Gasteiger partial charge in [-0.1, -0.05) is 49.3 Å². The molecule has 3 unspecified atom stereocenters. The molecule has 2 aliphatic rings. The highest BCUT2D eigenvalue weighted by Gasteiger charge is 2.46. The van der Waals surface area contributed by atoms with Crippen LogP contribution >= 0.6 is 0 Å². The quantitative estimate of drug-likeness (QED) is 0.339. The van der Waals surface area contributed by atoms with Crippen LogP contribution in [0.5, 0.6) is 0 Å². The normalized spacial score (nSPS) is 34.8. The summed E-state index contributed by atoms with van der Waals surface area (Å²) in [6.45, 7) is 5.72. The molecule has 0 spiro atoms. The summed E-state index contributed by atoms with van der Waals surface area (Å²) in [5.74, 6) is 0.492. The summed E-state index contributed by atoms with van der Waals surface area (Å²) in [6, 6.07) is 9.97. The Bertz CT molecular complexity index is 591. The molecular formula is C18H25N3O4. The van der Waals surface area contributed by atoms with Gasteiger partial charge in [0.05, 0.1) is 12.7 Å². The van der Waals surface area contributed by atoms with E-state index >= 15 is 0 Å². The molecular weight excluding hydrogens is 322 g/mol. The van der Waals surface area contributed by atoms with Gasteiger partial charge in [0.15, 0.2) is 12.6 Å². The molecule has 2 aliphatic heterocycles. The minimum Gasteiger partial charge on any atom is -0.352 e. The van der Waals surface area contributed by atoms with Gasteiger partial charge in [-0.25, -0.2) is 0 Å². The third-order valence-electron chi connectivity index (χ3n) is 4.96. The molecule has 3 rings (SSSR count). The standard InChI is InChI=1S/C18H25N3O4/c1-12-13(2)17(22-10-6-9-20-21-19)24-15-11-23-18(25-16(12)15)14-7-4-3-5-8-14/h3-5,7-8,12-13,15-18H,6,9-11H2,1-2H3/t12-,13?,15?,16+,17-,18?/m1/s1. The van der Waals surface area contributed by atoms with Crippen LogP contribution in [0.2, 0.25) is 0 Å². The molecule has 0 aromatic heterocycles. The van der Waals surface area contributed by atoms with Gasteiger partial charge >= 0.3 is 0 Å². The summed E-state index contributed by atoms with van der Waals surface area (Å²) in [5.41, 5.74) is 9.31. The fraction of sp³-hybridized carbons (Fsp3) is 0.667. The maximum atomic E-state index is 8.29. The van der Waals surface area contributed by atoms with Crippen molar-refractivity contribution in [3.63, 3.8) is 0 Å². The molecule has 2 saturated heterocycles. The molecule has 7 nitrogen and oxygen atoms in total. The molecule has 6 atom stereocenters. The zero-order valence-electron chi connectivity index (χ0n) is 14.7. The lowest BCUT2D eigenvalue weighted by Crippen LogP contribution is -2.55. The molecule has 0 N–H and O–H groups in total. The smallest absolute Gasteiger partial charge is 0.184 e. The summed E-state index contributed by atoms with van der Waals surface area (Å²) in [4.78, 5) is 2.74. The van der Waals surface area contributed by atoms with E-state index in [0.29, 0.717) is 26.2 Å². The third kappa shape index (κ3) is 4.32. The first kappa shape index (κ1) is 18.2. The molecule has 2 fully saturated rings. The largest absolute Gasteiger partial charge is 0.352 e. The molecule has 0 aliphatic carbocycles. The molecule has 1 aromatic rings. The van der Waals surface area contributed by atoms with Crippen molar-refractivity contribution in [3.05, 3.63) is 46.3 Å². The van der Waals surface area contributed by atoms with E-state index in [-0.39, 0.29) is 36.6 Å². The van der Waals surface area contributed by atoms with E-state index in [1.807, 2.05) is 30.3 Å². The summed E-state index contributed by atoms with van der Waals surface area (Å²) in [6.07, 6.45) is -0.0996. The van der Waals surface area contributed by atoms with Crippen molar-refractivity contribution in [2.24, 2.45) is 17.0 Å². The predicted octanol–water partition coefficient (Wildman–Crippen LogP) is 3.81. The third-order valence-corrected chi connectivity index (χ3v) is 4.96. The van der Waals surface area contributed by atoms with Gasteiger partial charge in [-0.05, 0) is 17.9 Å². The Labute approximate surface area is 147 Å². The second-order valence-corrected chi connectivity index (χ2v) is 6.62. The van der Waals surface area contributed by atoms with Crippen molar-refractivity contribution in [1.82, 2.24) is 0 Å². The van der Waals surface area contributed by atoms with Gasteiger partial charge in [0.1, 0.15) is 6.10 Å². The van der Waals surface area contributed by atoms with Crippen LogP contribution in [0.4, 0.5) is 0 Å². The van der Waals surface area contributed by atoms with Crippen LogP contribution in [0.3, 0.4) is 0 Å². The van der Waals surface area contributed by atoms with E-state index in [9.17, 15) is 0 Å². The van der Waals surface area contributed by atoms with Gasteiger partial charge in [0.25, 0.3) is 0 Å². The predicted molar refractivity (Wildman–Crippen MR) is 91.6 cm³/mol. The molecule has 0 radical (unpaired) electrons. The lowest BCUT2D eigenvalue weighted by molar-refractivity contribution is -0.342. The highest BCUT2D eigenvalue weighted by molar-refractivity contribution is 5.16. The number of azide groups is 1. The van der Waals surface area contributed by atoms with Crippen molar-refractivity contribution < 1.29 is 18.9 Å². The van der Waals surface area contributed by atoms with E-state index in [2.05, 4.69) is 23.9 Å². The Hall–Kier alpha value is -1.63. The molecule has 1 aromatic carbocycles. The molecule has 25 heavy (non-hydrogen) atoms. The maximum absolute atomic E-state index is 8.29. The Morgan fingerprint density at radius 1 is 1.20 bits per heavy atom. The summed E-state index contributed by atoms with van der Waals surface area (Å²) in [5, 5.41) is 3.51. The average molecular weight is 347 g/mol. The monoisotopic (exact) mass is 347 g/mol. The first-order valence-corrected chi connectivity index (χ1v) is 8.80. The van der Waals surface area contributed by atoms with Crippen molar-refractivity contribution in [2.75, 3.05) is 19.8 Å². The van der Waals surface area contributed by atoms with Crippen LogP contribution in [0.15, 0.2) is 35.4 Å². The van der Waals surface area contributed by atoms with Crippen LogP contribution in [0.1, 0.15) is 32.1 Å². The zero-order valence-corrected chi connectivity index (χ0v) is 14.7. The fourth-order valence-electron chi connectivity index (χ4n) is 3.32. The SMILES string of the molecule is CC1[C@H](OCCCN=[N+]=[N-])OC2COC(c3ccccc3)O[C@H]2[C@@H]1C. The number of nitrogens with zero attached hydrogens (tertiary/aromatic N) is 3. The second kappa shape index (κ2) is 8.65. The Morgan fingerprint density at radius 2 is 2.00 bits per heavy atom. The Kier molecular flexibility index (Phi) is 6.29. The number of rotatable bonds is 6. The van der Waals surface area contributed by atoms with Crippen LogP contribution < -0.4 is 0 Å². The van der Waals surface area contributed by atoms with Crippen molar-refractivity contribution in [2.45, 2.75) is 45.1 Å². The zero-order chi connectivity index (χ0) is 17.6. The Balaban J connectivity index is 1.57. The minimum atomic E-state index is -0.345. The second-order valence-electron chi connectivity index (χ2n) is 6.62. The first-order valence-electron chi connectivity index (χ1n) is 8.80. The summed E-state index contributed by atoms with van der Waals surface area (Å²) >= 11 is 0. The lowest BCUT2D eigenvalue weighted by Gasteiger charge is -2.48. The first-order chi connectivity index (χ1) is 12.2. The topological polar surface area (TPSA) is 85.7 Å². The van der Waals surface area contributed by atoms with Crippen LogP contribution in [0.25, 0.3) is 10.4 Å². The van der Waals surface area contributed by atoms with Crippen molar-refractivity contribution in [3.8, 4) is 0 Å². The molecule has 0 amide bonds. The number of ether oxygens (including phenoxy) is 4. The highest BCUT2D eigenvalue weighted by atomic mass is 16.7. The molecule has 136 valence electrons. The van der Waals surface area contributed by atoms with Crippen molar-refractivity contribution in [1.29, 1.82) is 0 Å². The Morgan fingerprint density at radius 3 is 2.76 bits per heavy atom. The van der Waals surface area contributed by atoms with Gasteiger partial charge in [-0.2, -0.15) is 0 Å². The summed E-state index contributed by atoms with van der Waals surface area (Å²) in [7, 11) is 0. The van der Waals surface area contributed by atoms with Gasteiger partial charge in [0.2, 0.25) is 0 Å². The summed E-state index contributed by atoms with van der Waals surface area (Å²) < 4.78 is 24.0. The molecule has 2 heterocycles. The van der Waals surface area contributed by atoms with E-state index < -0.39 is 0 Å². The molecule has 0 saturated carbocycles. The highest BCUT2D eigenvalue weighted by Crippen LogP contribution is 2.39. The van der Waals surface area contributed by atoms with Gasteiger partial charge < -0.3 is 18.9 Å². The number of fused-ring (bicyclic) bond motifs is 1. The van der Waals surface area contributed by atoms with Crippen LogP contribution in [-0.4, -0.2) is 38.3 Å². The van der Waals surface area contributed by atoms with Gasteiger partial charge in [-0.15, -0.1) is 0 Å². The van der Waals surface area contributed by atoms with Crippen LogP contribution in [-0.2, 0) is 18.9 Å². The minimum absolute atomic E-state index is 0.0167. The molecule has 7 heteroatoms. The van der Waals surface area contributed by atoms with Gasteiger partial charge in [-0.3, -0.25) is 0 Å². The van der Waals surface area contributed by atoms with E-state index in [1.165, 1.54) is 0 Å². The molecule has 0 bridgehead atoms. The average Bonchev–Trinajstić information content (AvgIpc) is 2.66. The van der Waals surface area contributed by atoms with E-state index in [4.69, 9.17) is 24.5 Å². The van der Waals surface area contributed by atoms with Gasteiger partial charge in [0, 0.05) is 29.5 Å². The van der Waals surface area contributed by atoms with E-state index in [1.54, 1.807) is 0 Å². The van der Waals surface area contributed by atoms with Crippen molar-refractivity contribution >= 4 is 0 Å². The number of hydrogen-bond donors (Lipinski definition) is 0.